The van der Waals surface area contributed by atoms with E-state index in [4.69, 9.17) is 16.7 Å². The average Bonchev–Trinajstić information content (AvgIpc) is 2.26. The van der Waals surface area contributed by atoms with Gasteiger partial charge in [0.15, 0.2) is 0 Å². The van der Waals surface area contributed by atoms with Crippen LogP contribution in [0.3, 0.4) is 0 Å². The van der Waals surface area contributed by atoms with Crippen molar-refractivity contribution in [1.29, 1.82) is 0 Å². The van der Waals surface area contributed by atoms with E-state index in [0.717, 1.165) is 12.0 Å². The molecule has 0 fully saturated rings. The predicted molar refractivity (Wildman–Crippen MR) is 66.5 cm³/mol. The Morgan fingerprint density at radius 2 is 2.19 bits per heavy atom. The van der Waals surface area contributed by atoms with Gasteiger partial charge in [-0.1, -0.05) is 48.9 Å². The lowest BCUT2D eigenvalue weighted by molar-refractivity contribution is -0.141. The van der Waals surface area contributed by atoms with Gasteiger partial charge >= 0.3 is 5.97 Å². The normalized spacial score (nSPS) is 12.9. The lowest BCUT2D eigenvalue weighted by Gasteiger charge is -2.02. The minimum absolute atomic E-state index is 0.295. The predicted octanol–water partition coefficient (Wildman–Crippen LogP) is 3.85. The summed E-state index contributed by atoms with van der Waals surface area (Å²) in [5.41, 5.74) is 0.965. The fourth-order valence-electron chi connectivity index (χ4n) is 1.29. The Labute approximate surface area is 101 Å². The molecule has 0 saturated heterocycles. The summed E-state index contributed by atoms with van der Waals surface area (Å²) in [6, 6.07) is 7.57. The molecule has 0 aliphatic heterocycles. The van der Waals surface area contributed by atoms with Crippen molar-refractivity contribution in [3.05, 3.63) is 40.9 Å². The van der Waals surface area contributed by atoms with Crippen LogP contribution in [0.2, 0.25) is 5.02 Å². The van der Waals surface area contributed by atoms with Crippen molar-refractivity contribution >= 4 is 23.6 Å². The zero-order chi connectivity index (χ0) is 12.0. The number of benzene rings is 1. The zero-order valence-corrected chi connectivity index (χ0v) is 9.95. The molecule has 1 unspecified atom stereocenters. The topological polar surface area (TPSA) is 37.3 Å². The van der Waals surface area contributed by atoms with Gasteiger partial charge in [0.25, 0.3) is 0 Å². The molecule has 2 nitrogen and oxygen atoms in total. The van der Waals surface area contributed by atoms with E-state index in [0.29, 0.717) is 11.4 Å². The van der Waals surface area contributed by atoms with Crippen molar-refractivity contribution in [2.24, 2.45) is 5.92 Å². The second-order valence-electron chi connectivity index (χ2n) is 3.74. The standard InChI is InChI=1S/C13H15ClO2/c1-10(13(15)16)6-2-3-7-11-8-4-5-9-12(11)14/h3-5,7-10H,2,6H2,1H3,(H,15,16)/b7-3+. The minimum Gasteiger partial charge on any atom is -0.481 e. The third kappa shape index (κ3) is 4.07. The van der Waals surface area contributed by atoms with Crippen LogP contribution >= 0.6 is 11.6 Å². The van der Waals surface area contributed by atoms with Gasteiger partial charge in [-0.2, -0.15) is 0 Å². The molecule has 86 valence electrons. The van der Waals surface area contributed by atoms with Gasteiger partial charge in [-0.05, 0) is 24.5 Å². The molecule has 0 bridgehead atoms. The summed E-state index contributed by atoms with van der Waals surface area (Å²) >= 11 is 5.97. The van der Waals surface area contributed by atoms with Gasteiger partial charge in [0.2, 0.25) is 0 Å². The molecule has 0 amide bonds. The van der Waals surface area contributed by atoms with Crippen LogP contribution in [-0.4, -0.2) is 11.1 Å². The summed E-state index contributed by atoms with van der Waals surface area (Å²) in [4.78, 5) is 10.6. The van der Waals surface area contributed by atoms with Crippen molar-refractivity contribution in [3.8, 4) is 0 Å². The van der Waals surface area contributed by atoms with Crippen LogP contribution < -0.4 is 0 Å². The summed E-state index contributed by atoms with van der Waals surface area (Å²) in [7, 11) is 0. The van der Waals surface area contributed by atoms with Gasteiger partial charge in [0.05, 0.1) is 5.92 Å². The van der Waals surface area contributed by atoms with Gasteiger partial charge in [-0.25, -0.2) is 0 Å². The first-order chi connectivity index (χ1) is 7.61. The molecular formula is C13H15ClO2. The van der Waals surface area contributed by atoms with Crippen LogP contribution in [0.15, 0.2) is 30.3 Å². The smallest absolute Gasteiger partial charge is 0.306 e. The second-order valence-corrected chi connectivity index (χ2v) is 4.15. The molecule has 0 saturated carbocycles. The first kappa shape index (κ1) is 12.8. The first-order valence-electron chi connectivity index (χ1n) is 5.25. The van der Waals surface area contributed by atoms with E-state index in [2.05, 4.69) is 0 Å². The summed E-state index contributed by atoms with van der Waals surface area (Å²) < 4.78 is 0. The Kier molecular flexibility index (Phi) is 5.06. The van der Waals surface area contributed by atoms with Gasteiger partial charge in [-0.15, -0.1) is 0 Å². The van der Waals surface area contributed by atoms with Gasteiger partial charge in [0.1, 0.15) is 0 Å². The highest BCUT2D eigenvalue weighted by molar-refractivity contribution is 6.32. The fraction of sp³-hybridized carbons (Fsp3) is 0.308. The number of hydrogen-bond acceptors (Lipinski definition) is 1. The molecule has 0 heterocycles. The molecule has 1 aromatic rings. The Morgan fingerprint density at radius 3 is 2.81 bits per heavy atom. The van der Waals surface area contributed by atoms with Crippen LogP contribution in [0.1, 0.15) is 25.3 Å². The van der Waals surface area contributed by atoms with Crippen molar-refractivity contribution in [2.75, 3.05) is 0 Å². The van der Waals surface area contributed by atoms with Crippen LogP contribution in [0.5, 0.6) is 0 Å². The number of allylic oxidation sites excluding steroid dienone is 1. The molecule has 0 aliphatic rings. The van der Waals surface area contributed by atoms with Crippen molar-refractivity contribution in [2.45, 2.75) is 19.8 Å². The summed E-state index contributed by atoms with van der Waals surface area (Å²) in [5.74, 6) is -1.04. The lowest BCUT2D eigenvalue weighted by atomic mass is 10.1. The monoisotopic (exact) mass is 238 g/mol. The highest BCUT2D eigenvalue weighted by Gasteiger charge is 2.08. The molecule has 0 aliphatic carbocycles. The number of carboxylic acids is 1. The molecule has 16 heavy (non-hydrogen) atoms. The molecule has 1 N–H and O–H groups in total. The van der Waals surface area contributed by atoms with Crippen molar-refractivity contribution in [3.63, 3.8) is 0 Å². The number of aliphatic carboxylic acids is 1. The summed E-state index contributed by atoms with van der Waals surface area (Å²) in [6.45, 7) is 1.71. The SMILES string of the molecule is CC(CC/C=C/c1ccccc1Cl)C(=O)O. The molecule has 1 atom stereocenters. The molecular weight excluding hydrogens is 224 g/mol. The Bertz CT molecular complexity index is 385. The largest absolute Gasteiger partial charge is 0.481 e. The van der Waals surface area contributed by atoms with E-state index >= 15 is 0 Å². The lowest BCUT2D eigenvalue weighted by Crippen LogP contribution is -2.08. The number of halogens is 1. The number of carboxylic acid groups (broad SMARTS) is 1. The molecule has 3 heteroatoms. The summed E-state index contributed by atoms with van der Waals surface area (Å²) in [6.07, 6.45) is 5.28. The molecule has 0 aromatic heterocycles. The fourth-order valence-corrected chi connectivity index (χ4v) is 1.49. The van der Waals surface area contributed by atoms with E-state index in [9.17, 15) is 4.79 Å². The number of carbonyl (C=O) groups is 1. The Balaban J connectivity index is 2.44. The first-order valence-corrected chi connectivity index (χ1v) is 5.63. The van der Waals surface area contributed by atoms with Crippen LogP contribution in [0.4, 0.5) is 0 Å². The Hall–Kier alpha value is -1.28. The van der Waals surface area contributed by atoms with E-state index < -0.39 is 5.97 Å². The zero-order valence-electron chi connectivity index (χ0n) is 9.19. The van der Waals surface area contributed by atoms with Crippen molar-refractivity contribution < 1.29 is 9.90 Å². The van der Waals surface area contributed by atoms with Gasteiger partial charge in [0, 0.05) is 5.02 Å². The van der Waals surface area contributed by atoms with Gasteiger partial charge < -0.3 is 5.11 Å². The highest BCUT2D eigenvalue weighted by atomic mass is 35.5. The molecule has 0 radical (unpaired) electrons. The van der Waals surface area contributed by atoms with E-state index in [1.165, 1.54) is 0 Å². The summed E-state index contributed by atoms with van der Waals surface area (Å²) in [5, 5.41) is 9.41. The minimum atomic E-state index is -0.744. The molecule has 0 spiro atoms. The number of rotatable bonds is 5. The third-order valence-electron chi connectivity index (χ3n) is 2.39. The Morgan fingerprint density at radius 1 is 1.50 bits per heavy atom. The third-order valence-corrected chi connectivity index (χ3v) is 2.73. The van der Waals surface area contributed by atoms with Crippen molar-refractivity contribution in [1.82, 2.24) is 0 Å². The van der Waals surface area contributed by atoms with Crippen LogP contribution in [-0.2, 0) is 4.79 Å². The van der Waals surface area contributed by atoms with Crippen LogP contribution in [0, 0.1) is 5.92 Å². The average molecular weight is 239 g/mol. The van der Waals surface area contributed by atoms with Crippen LogP contribution in [0.25, 0.3) is 6.08 Å². The quantitative estimate of drug-likeness (QED) is 0.846. The maximum Gasteiger partial charge on any atom is 0.306 e. The maximum atomic E-state index is 10.6. The maximum absolute atomic E-state index is 10.6. The van der Waals surface area contributed by atoms with Gasteiger partial charge in [-0.3, -0.25) is 4.79 Å². The molecule has 1 aromatic carbocycles. The molecule has 1 rings (SSSR count). The van der Waals surface area contributed by atoms with E-state index in [-0.39, 0.29) is 5.92 Å². The highest BCUT2D eigenvalue weighted by Crippen LogP contribution is 2.17. The second kappa shape index (κ2) is 6.33. The van der Waals surface area contributed by atoms with E-state index in [1.54, 1.807) is 6.92 Å². The van der Waals surface area contributed by atoms with E-state index in [1.807, 2.05) is 36.4 Å². The number of hydrogen-bond donors (Lipinski definition) is 1.